The van der Waals surface area contributed by atoms with E-state index in [4.69, 9.17) is 4.74 Å². The van der Waals surface area contributed by atoms with E-state index in [9.17, 15) is 4.79 Å². The first-order valence-electron chi connectivity index (χ1n) is 6.84. The number of carbonyl (C=O) groups is 1. The second-order valence-electron chi connectivity index (χ2n) is 5.06. The molecule has 0 saturated heterocycles. The molecule has 0 saturated carbocycles. The second-order valence-corrected chi connectivity index (χ2v) is 5.06. The lowest BCUT2D eigenvalue weighted by Crippen LogP contribution is -2.08. The molecule has 0 N–H and O–H groups in total. The molecular formula is C17H15N3O2. The van der Waals surface area contributed by atoms with Crippen LogP contribution in [0.1, 0.15) is 11.1 Å². The molecule has 2 aromatic rings. The maximum Gasteiger partial charge on any atom is 0.363 e. The summed E-state index contributed by atoms with van der Waals surface area (Å²) in [6, 6.07) is 11.4. The van der Waals surface area contributed by atoms with Crippen molar-refractivity contribution in [2.24, 2.45) is 4.99 Å². The molecule has 1 aromatic carbocycles. The van der Waals surface area contributed by atoms with Gasteiger partial charge >= 0.3 is 5.97 Å². The lowest BCUT2D eigenvalue weighted by atomic mass is 10.1. The number of hydrogen-bond acceptors (Lipinski definition) is 5. The molecule has 22 heavy (non-hydrogen) atoms. The maximum absolute atomic E-state index is 11.9. The van der Waals surface area contributed by atoms with E-state index in [-0.39, 0.29) is 11.6 Å². The molecule has 2 heterocycles. The lowest BCUT2D eigenvalue weighted by Gasteiger charge is -2.11. The molecule has 1 aliphatic heterocycles. The van der Waals surface area contributed by atoms with Crippen molar-refractivity contribution in [3.63, 3.8) is 0 Å². The molecular weight excluding hydrogens is 278 g/mol. The average molecular weight is 293 g/mol. The molecule has 110 valence electrons. The quantitative estimate of drug-likeness (QED) is 0.644. The summed E-state index contributed by atoms with van der Waals surface area (Å²) in [6.45, 7) is 0. The summed E-state index contributed by atoms with van der Waals surface area (Å²) in [5.74, 6) is -0.162. The third-order valence-electron chi connectivity index (χ3n) is 3.24. The number of anilines is 1. The first kappa shape index (κ1) is 14.0. The first-order valence-corrected chi connectivity index (χ1v) is 6.84. The number of nitrogens with zero attached hydrogens (tertiary/aromatic N) is 3. The fourth-order valence-corrected chi connectivity index (χ4v) is 2.05. The fraction of sp³-hybridized carbons (Fsp3) is 0.118. The standard InChI is InChI=1S/C17H15N3O2/c1-20(2)14-7-5-12(6-8-14)10-15-17(21)22-16(19-15)13-4-3-9-18-11-13/h3-11H,1-2H3/b15-10+. The van der Waals surface area contributed by atoms with Crippen molar-refractivity contribution in [3.05, 3.63) is 65.6 Å². The Bertz CT molecular complexity index is 747. The summed E-state index contributed by atoms with van der Waals surface area (Å²) in [4.78, 5) is 22.2. The average Bonchev–Trinajstić information content (AvgIpc) is 2.90. The number of rotatable bonds is 3. The Labute approximate surface area is 128 Å². The summed E-state index contributed by atoms with van der Waals surface area (Å²) < 4.78 is 5.19. The molecule has 5 nitrogen and oxygen atoms in total. The van der Waals surface area contributed by atoms with Crippen LogP contribution >= 0.6 is 0 Å². The molecule has 0 fully saturated rings. The number of cyclic esters (lactones) is 1. The molecule has 0 radical (unpaired) electrons. The van der Waals surface area contributed by atoms with E-state index < -0.39 is 5.97 Å². The van der Waals surface area contributed by atoms with Crippen molar-refractivity contribution in [3.8, 4) is 0 Å². The second kappa shape index (κ2) is 5.81. The van der Waals surface area contributed by atoms with Crippen LogP contribution in [0.3, 0.4) is 0 Å². The van der Waals surface area contributed by atoms with E-state index in [2.05, 4.69) is 9.98 Å². The maximum atomic E-state index is 11.9. The summed E-state index contributed by atoms with van der Waals surface area (Å²) in [6.07, 6.45) is 4.98. The van der Waals surface area contributed by atoms with Gasteiger partial charge in [0, 0.05) is 32.2 Å². The van der Waals surface area contributed by atoms with Gasteiger partial charge in [0.15, 0.2) is 5.70 Å². The van der Waals surface area contributed by atoms with Crippen molar-refractivity contribution in [1.82, 2.24) is 4.98 Å². The number of carbonyl (C=O) groups excluding carboxylic acids is 1. The molecule has 0 atom stereocenters. The Kier molecular flexibility index (Phi) is 3.70. The minimum atomic E-state index is -0.449. The molecule has 0 bridgehead atoms. The van der Waals surface area contributed by atoms with E-state index in [1.54, 1.807) is 30.6 Å². The third-order valence-corrected chi connectivity index (χ3v) is 3.24. The van der Waals surface area contributed by atoms with Gasteiger partial charge in [-0.15, -0.1) is 0 Å². The van der Waals surface area contributed by atoms with Crippen molar-refractivity contribution >= 4 is 23.6 Å². The zero-order valence-electron chi connectivity index (χ0n) is 12.4. The van der Waals surface area contributed by atoms with Crippen LogP contribution in [-0.2, 0) is 9.53 Å². The number of benzene rings is 1. The van der Waals surface area contributed by atoms with Crippen LogP contribution in [0.25, 0.3) is 6.08 Å². The SMILES string of the molecule is CN(C)c1ccc(/C=C2/N=C(c3cccnc3)OC2=O)cc1. The van der Waals surface area contributed by atoms with E-state index in [0.717, 1.165) is 11.3 Å². The van der Waals surface area contributed by atoms with Gasteiger partial charge < -0.3 is 9.64 Å². The zero-order valence-corrected chi connectivity index (χ0v) is 12.4. The monoisotopic (exact) mass is 293 g/mol. The van der Waals surface area contributed by atoms with Gasteiger partial charge in [-0.1, -0.05) is 12.1 Å². The van der Waals surface area contributed by atoms with Crippen molar-refractivity contribution in [1.29, 1.82) is 0 Å². The van der Waals surface area contributed by atoms with Crippen LogP contribution in [0.15, 0.2) is 59.5 Å². The van der Waals surface area contributed by atoms with Crippen molar-refractivity contribution in [2.75, 3.05) is 19.0 Å². The Balaban J connectivity index is 1.87. The van der Waals surface area contributed by atoms with E-state index in [1.807, 2.05) is 43.3 Å². The van der Waals surface area contributed by atoms with Crippen LogP contribution in [0, 0.1) is 0 Å². The van der Waals surface area contributed by atoms with Gasteiger partial charge in [-0.25, -0.2) is 9.79 Å². The summed E-state index contributed by atoms with van der Waals surface area (Å²) in [5, 5.41) is 0. The zero-order chi connectivity index (χ0) is 15.5. The van der Waals surface area contributed by atoms with Gasteiger partial charge in [-0.2, -0.15) is 0 Å². The Hall–Kier alpha value is -2.95. The largest absolute Gasteiger partial charge is 0.402 e. The normalized spacial score (nSPS) is 15.6. The summed E-state index contributed by atoms with van der Waals surface area (Å²) in [7, 11) is 3.96. The van der Waals surface area contributed by atoms with Gasteiger partial charge in [0.25, 0.3) is 0 Å². The highest BCUT2D eigenvalue weighted by Crippen LogP contribution is 2.20. The topological polar surface area (TPSA) is 54.8 Å². The van der Waals surface area contributed by atoms with E-state index in [0.29, 0.717) is 5.56 Å². The summed E-state index contributed by atoms with van der Waals surface area (Å²) in [5.41, 5.74) is 2.96. The van der Waals surface area contributed by atoms with Gasteiger partial charge in [0.1, 0.15) is 0 Å². The smallest absolute Gasteiger partial charge is 0.363 e. The molecule has 0 aliphatic carbocycles. The highest BCUT2D eigenvalue weighted by molar-refractivity contribution is 6.12. The van der Waals surface area contributed by atoms with Crippen LogP contribution in [0.2, 0.25) is 0 Å². The summed E-state index contributed by atoms with van der Waals surface area (Å²) >= 11 is 0. The number of ether oxygens (including phenoxy) is 1. The lowest BCUT2D eigenvalue weighted by molar-refractivity contribution is -0.129. The minimum Gasteiger partial charge on any atom is -0.402 e. The van der Waals surface area contributed by atoms with E-state index in [1.165, 1.54) is 0 Å². The molecule has 0 amide bonds. The number of pyridine rings is 1. The third kappa shape index (κ3) is 2.88. The van der Waals surface area contributed by atoms with Gasteiger partial charge in [-0.05, 0) is 35.9 Å². The first-order chi connectivity index (χ1) is 10.6. The number of aromatic nitrogens is 1. The van der Waals surface area contributed by atoms with Crippen LogP contribution in [-0.4, -0.2) is 30.9 Å². The van der Waals surface area contributed by atoms with Crippen molar-refractivity contribution in [2.45, 2.75) is 0 Å². The predicted molar refractivity (Wildman–Crippen MR) is 85.6 cm³/mol. The highest BCUT2D eigenvalue weighted by Gasteiger charge is 2.24. The molecule has 1 aromatic heterocycles. The van der Waals surface area contributed by atoms with Crippen LogP contribution < -0.4 is 4.90 Å². The Morgan fingerprint density at radius 3 is 2.55 bits per heavy atom. The Morgan fingerprint density at radius 1 is 1.14 bits per heavy atom. The van der Waals surface area contributed by atoms with Crippen molar-refractivity contribution < 1.29 is 9.53 Å². The molecule has 3 rings (SSSR count). The minimum absolute atomic E-state index is 0.286. The fourth-order valence-electron chi connectivity index (χ4n) is 2.05. The number of hydrogen-bond donors (Lipinski definition) is 0. The number of aliphatic imine (C=N–C) groups is 1. The predicted octanol–water partition coefficient (Wildman–Crippen LogP) is 2.49. The molecule has 0 unspecified atom stereocenters. The van der Waals surface area contributed by atoms with Gasteiger partial charge in [-0.3, -0.25) is 4.98 Å². The highest BCUT2D eigenvalue weighted by atomic mass is 16.6. The molecule has 0 spiro atoms. The Morgan fingerprint density at radius 2 is 1.91 bits per heavy atom. The van der Waals surface area contributed by atoms with Crippen LogP contribution in [0.5, 0.6) is 0 Å². The number of esters is 1. The molecule has 5 heteroatoms. The van der Waals surface area contributed by atoms with Gasteiger partial charge in [0.05, 0.1) is 5.56 Å². The molecule has 1 aliphatic rings. The van der Waals surface area contributed by atoms with Gasteiger partial charge in [0.2, 0.25) is 5.90 Å². The van der Waals surface area contributed by atoms with Crippen LogP contribution in [0.4, 0.5) is 5.69 Å². The van der Waals surface area contributed by atoms with E-state index >= 15 is 0 Å².